The van der Waals surface area contributed by atoms with Crippen molar-refractivity contribution in [3.63, 3.8) is 0 Å². The third-order valence-corrected chi connectivity index (χ3v) is 12.1. The number of aromatic nitrogens is 4. The van der Waals surface area contributed by atoms with Crippen molar-refractivity contribution in [2.75, 3.05) is 39.5 Å². The average molecular weight is 822 g/mol. The van der Waals surface area contributed by atoms with Gasteiger partial charge in [-0.05, 0) is 73.9 Å². The maximum absolute atomic E-state index is 13.9. The van der Waals surface area contributed by atoms with Crippen LogP contribution in [0.25, 0.3) is 22.1 Å². The zero-order chi connectivity index (χ0) is 41.9. The van der Waals surface area contributed by atoms with Gasteiger partial charge >= 0.3 is 12.1 Å². The summed E-state index contributed by atoms with van der Waals surface area (Å²) in [5, 5.41) is 2.81. The summed E-state index contributed by atoms with van der Waals surface area (Å²) in [4.78, 5) is 73.7. The van der Waals surface area contributed by atoms with E-state index in [1.807, 2.05) is 73.9 Å². The van der Waals surface area contributed by atoms with Crippen LogP contribution in [0.1, 0.15) is 108 Å². The Hall–Kier alpha value is -5.46. The van der Waals surface area contributed by atoms with Gasteiger partial charge in [0.1, 0.15) is 29.9 Å². The predicted octanol–water partition coefficient (Wildman–Crippen LogP) is 5.70. The SMILES string of the molecule is CC(C)[C@@H](CC(=O)O[C@H]1CCOC1)C(=O)N1CCC[C@H]1c1nc2ccc(C#Cc3ccc4nc([C@@H]5CCCN5C(=O)[C@H](NC(=O)O[C@H]5CCOC5)C(C)C)[nH]c4c3)cc2[nH]1. The molecule has 0 unspecified atom stereocenters. The van der Waals surface area contributed by atoms with E-state index in [9.17, 15) is 19.2 Å². The summed E-state index contributed by atoms with van der Waals surface area (Å²) in [6.45, 7) is 10.9. The molecule has 8 rings (SSSR count). The van der Waals surface area contributed by atoms with Crippen molar-refractivity contribution in [1.82, 2.24) is 35.1 Å². The summed E-state index contributed by atoms with van der Waals surface area (Å²) in [5.41, 5.74) is 4.83. The number of nitrogens with zero attached hydrogens (tertiary/aromatic N) is 4. The third-order valence-electron chi connectivity index (χ3n) is 12.1. The molecule has 0 bridgehead atoms. The fraction of sp³-hybridized carbons (Fsp3) is 0.556. The van der Waals surface area contributed by atoms with Gasteiger partial charge in [0.25, 0.3) is 0 Å². The monoisotopic (exact) mass is 821 g/mol. The molecule has 0 radical (unpaired) electrons. The lowest BCUT2D eigenvalue weighted by Gasteiger charge is -2.30. The molecule has 318 valence electrons. The number of hydrogen-bond donors (Lipinski definition) is 3. The number of fused-ring (bicyclic) bond motifs is 2. The standard InChI is InChI=1S/C45H55N7O8/c1-26(2)32(23-39(53)59-30-15-19-57-24-30)43(54)51-17-5-7-37(51)41-46-33-13-11-28(21-35(33)48-41)9-10-29-12-14-34-36(22-29)49-42(47-34)38-8-6-18-52(38)44(55)40(27(3)4)50-45(56)60-31-16-20-58-25-31/h11-14,21-22,26-27,30-32,37-38,40H,5-8,15-20,23-25H2,1-4H3,(H,46,48)(H,47,49)(H,50,56)/t30-,31-,32+,37-,38-,40+/m0/s1. The average Bonchev–Trinajstić information content (AvgIpc) is 4.08. The van der Waals surface area contributed by atoms with Crippen LogP contribution in [-0.2, 0) is 33.3 Å². The van der Waals surface area contributed by atoms with Crippen molar-refractivity contribution in [3.05, 3.63) is 59.2 Å². The number of benzene rings is 2. The number of alkyl carbamates (subject to hydrolysis) is 1. The van der Waals surface area contributed by atoms with Crippen molar-refractivity contribution in [3.8, 4) is 11.8 Å². The van der Waals surface area contributed by atoms with Crippen molar-refractivity contribution in [2.45, 2.75) is 103 Å². The van der Waals surface area contributed by atoms with E-state index in [1.54, 1.807) is 0 Å². The Labute approximate surface area is 349 Å². The van der Waals surface area contributed by atoms with Crippen LogP contribution in [0, 0.1) is 29.6 Å². The topological polar surface area (TPSA) is 181 Å². The van der Waals surface area contributed by atoms with Gasteiger partial charge in [-0.25, -0.2) is 14.8 Å². The first-order valence-corrected chi connectivity index (χ1v) is 21.4. The molecule has 0 aliphatic carbocycles. The van der Waals surface area contributed by atoms with Crippen LogP contribution in [0.4, 0.5) is 4.79 Å². The molecule has 60 heavy (non-hydrogen) atoms. The van der Waals surface area contributed by atoms with Crippen molar-refractivity contribution in [2.24, 2.45) is 17.8 Å². The molecule has 0 saturated carbocycles. The first kappa shape index (κ1) is 41.3. The second kappa shape index (κ2) is 18.0. The lowest BCUT2D eigenvalue weighted by molar-refractivity contribution is -0.154. The Morgan fingerprint density at radius 2 is 1.28 bits per heavy atom. The second-order valence-corrected chi connectivity index (χ2v) is 17.1. The minimum atomic E-state index is -0.732. The molecule has 4 aromatic rings. The van der Waals surface area contributed by atoms with Crippen molar-refractivity contribution < 1.29 is 38.1 Å². The van der Waals surface area contributed by atoms with E-state index in [4.69, 9.17) is 28.9 Å². The molecule has 3 N–H and O–H groups in total. The summed E-state index contributed by atoms with van der Waals surface area (Å²) in [5.74, 6) is 6.79. The summed E-state index contributed by atoms with van der Waals surface area (Å²) >= 11 is 0. The number of rotatable bonds is 11. The van der Waals surface area contributed by atoms with Gasteiger partial charge in [0, 0.05) is 37.1 Å². The van der Waals surface area contributed by atoms with Crippen LogP contribution in [-0.4, -0.2) is 111 Å². The van der Waals surface area contributed by atoms with Gasteiger partial charge in [0.2, 0.25) is 11.8 Å². The Morgan fingerprint density at radius 1 is 0.750 bits per heavy atom. The largest absolute Gasteiger partial charge is 0.460 e. The molecule has 15 nitrogen and oxygen atoms in total. The van der Waals surface area contributed by atoms with Crippen molar-refractivity contribution in [1.29, 1.82) is 0 Å². The molecule has 4 aliphatic rings. The molecule has 4 aliphatic heterocycles. The maximum atomic E-state index is 13.9. The van der Waals surface area contributed by atoms with Crippen LogP contribution >= 0.6 is 0 Å². The smallest absolute Gasteiger partial charge is 0.408 e. The van der Waals surface area contributed by atoms with Gasteiger partial charge in [0.15, 0.2) is 0 Å². The van der Waals surface area contributed by atoms with Gasteiger partial charge in [-0.3, -0.25) is 14.4 Å². The first-order valence-electron chi connectivity index (χ1n) is 21.4. The number of amides is 3. The Morgan fingerprint density at radius 3 is 1.78 bits per heavy atom. The van der Waals surface area contributed by atoms with Crippen LogP contribution in [0.5, 0.6) is 0 Å². The minimum absolute atomic E-state index is 0.0321. The summed E-state index contributed by atoms with van der Waals surface area (Å²) in [6.07, 6.45) is 3.45. The lowest BCUT2D eigenvalue weighted by atomic mass is 9.90. The quantitative estimate of drug-likeness (QED) is 0.126. The Balaban J connectivity index is 0.929. The van der Waals surface area contributed by atoms with E-state index in [0.29, 0.717) is 58.2 Å². The molecule has 2 aromatic heterocycles. The number of carbonyl (C=O) groups is 4. The van der Waals surface area contributed by atoms with Crippen LogP contribution in [0.3, 0.4) is 0 Å². The third kappa shape index (κ3) is 9.14. The number of ether oxygens (including phenoxy) is 4. The van der Waals surface area contributed by atoms with Gasteiger partial charge in [-0.1, -0.05) is 39.5 Å². The highest BCUT2D eigenvalue weighted by atomic mass is 16.6. The van der Waals surface area contributed by atoms with E-state index >= 15 is 0 Å². The van der Waals surface area contributed by atoms with E-state index in [2.05, 4.69) is 27.1 Å². The lowest BCUT2D eigenvalue weighted by Crippen LogP contribution is -2.51. The highest BCUT2D eigenvalue weighted by Gasteiger charge is 2.40. The molecule has 6 atom stereocenters. The fourth-order valence-corrected chi connectivity index (χ4v) is 8.75. The summed E-state index contributed by atoms with van der Waals surface area (Å²) in [7, 11) is 0. The number of likely N-dealkylation sites (tertiary alicyclic amines) is 2. The zero-order valence-electron chi connectivity index (χ0n) is 34.8. The van der Waals surface area contributed by atoms with Gasteiger partial charge in [0.05, 0.1) is 72.9 Å². The number of carbonyl (C=O) groups excluding carboxylic acids is 4. The summed E-state index contributed by atoms with van der Waals surface area (Å²) < 4.78 is 21.8. The normalized spacial score (nSPS) is 22.7. The molecule has 15 heteroatoms. The van der Waals surface area contributed by atoms with Gasteiger partial charge in [-0.2, -0.15) is 0 Å². The molecule has 2 aromatic carbocycles. The molecule has 4 saturated heterocycles. The van der Waals surface area contributed by atoms with Gasteiger partial charge < -0.3 is 44.0 Å². The Bertz CT molecular complexity index is 2120. The van der Waals surface area contributed by atoms with Crippen LogP contribution in [0.2, 0.25) is 0 Å². The molecule has 4 fully saturated rings. The van der Waals surface area contributed by atoms with E-state index in [-0.39, 0.29) is 60.3 Å². The Kier molecular flexibility index (Phi) is 12.4. The number of esters is 1. The highest BCUT2D eigenvalue weighted by molar-refractivity contribution is 5.87. The van der Waals surface area contributed by atoms with E-state index in [0.717, 1.165) is 64.7 Å². The number of hydrogen-bond acceptors (Lipinski definition) is 10. The zero-order valence-corrected chi connectivity index (χ0v) is 34.8. The van der Waals surface area contributed by atoms with E-state index < -0.39 is 18.1 Å². The number of H-pyrrole nitrogens is 2. The number of nitrogens with one attached hydrogen (secondary N) is 3. The maximum Gasteiger partial charge on any atom is 0.408 e. The van der Waals surface area contributed by atoms with Crippen LogP contribution < -0.4 is 5.32 Å². The molecule has 6 heterocycles. The van der Waals surface area contributed by atoms with Crippen molar-refractivity contribution >= 4 is 45.9 Å². The number of aromatic amines is 2. The highest BCUT2D eigenvalue weighted by Crippen LogP contribution is 2.36. The van der Waals surface area contributed by atoms with E-state index in [1.165, 1.54) is 0 Å². The molecule has 3 amide bonds. The summed E-state index contributed by atoms with van der Waals surface area (Å²) in [6, 6.07) is 10.5. The minimum Gasteiger partial charge on any atom is -0.460 e. The molecular weight excluding hydrogens is 767 g/mol. The fourth-order valence-electron chi connectivity index (χ4n) is 8.75. The predicted molar refractivity (Wildman–Crippen MR) is 221 cm³/mol. The molecular formula is C45H55N7O8. The molecule has 0 spiro atoms. The second-order valence-electron chi connectivity index (χ2n) is 17.1. The number of imidazole rings is 2. The first-order chi connectivity index (χ1) is 29.0. The van der Waals surface area contributed by atoms with Crippen LogP contribution in [0.15, 0.2) is 36.4 Å². The van der Waals surface area contributed by atoms with Gasteiger partial charge in [-0.15, -0.1) is 0 Å².